The molecule has 0 radical (unpaired) electrons. The van der Waals surface area contributed by atoms with Crippen molar-refractivity contribution in [3.05, 3.63) is 15.6 Å². The number of guanidine groups is 1. The monoisotopic (exact) mass is 326 g/mol. The Labute approximate surface area is 136 Å². The molecule has 1 rings (SSSR count). The summed E-state index contributed by atoms with van der Waals surface area (Å²) in [7, 11) is 3.17. The van der Waals surface area contributed by atoms with Gasteiger partial charge in [-0.3, -0.25) is 9.79 Å². The summed E-state index contributed by atoms with van der Waals surface area (Å²) >= 11 is 1.75. The minimum absolute atomic E-state index is 0.156. The number of aliphatic imine (C=N–C) groups is 1. The van der Waals surface area contributed by atoms with Crippen LogP contribution in [0.1, 0.15) is 34.8 Å². The van der Waals surface area contributed by atoms with E-state index in [4.69, 9.17) is 0 Å². The van der Waals surface area contributed by atoms with Crippen molar-refractivity contribution < 1.29 is 9.53 Å². The molecular weight excluding hydrogens is 300 g/mol. The van der Waals surface area contributed by atoms with Crippen molar-refractivity contribution in [1.29, 1.82) is 0 Å². The summed E-state index contributed by atoms with van der Waals surface area (Å²) < 4.78 is 4.60. The molecule has 0 aliphatic rings. The molecule has 6 nitrogen and oxygen atoms in total. The SMILES string of the molecule is CN=C(NCCCCC(=O)OC)NCCc1nc(C)c(C)s1. The Kier molecular flexibility index (Phi) is 8.50. The first-order chi connectivity index (χ1) is 10.6. The maximum Gasteiger partial charge on any atom is 0.305 e. The highest BCUT2D eigenvalue weighted by Crippen LogP contribution is 2.16. The molecule has 1 aromatic rings. The number of rotatable bonds is 8. The molecular formula is C15H26N4O2S. The quantitative estimate of drug-likeness (QED) is 0.330. The second-order valence-corrected chi connectivity index (χ2v) is 6.25. The van der Waals surface area contributed by atoms with Crippen molar-refractivity contribution in [2.45, 2.75) is 39.5 Å². The molecule has 0 spiro atoms. The normalized spacial score (nSPS) is 11.4. The number of esters is 1. The van der Waals surface area contributed by atoms with Crippen LogP contribution in [0.3, 0.4) is 0 Å². The fourth-order valence-corrected chi connectivity index (χ4v) is 2.79. The zero-order valence-corrected chi connectivity index (χ0v) is 14.7. The van der Waals surface area contributed by atoms with E-state index in [1.165, 1.54) is 12.0 Å². The van der Waals surface area contributed by atoms with Crippen LogP contribution >= 0.6 is 11.3 Å². The Hall–Kier alpha value is -1.63. The van der Waals surface area contributed by atoms with Gasteiger partial charge in [0.25, 0.3) is 0 Å². The summed E-state index contributed by atoms with van der Waals surface area (Å²) in [6.45, 7) is 5.72. The molecule has 0 atom stereocenters. The van der Waals surface area contributed by atoms with Gasteiger partial charge >= 0.3 is 5.97 Å². The van der Waals surface area contributed by atoms with Gasteiger partial charge in [-0.25, -0.2) is 4.98 Å². The molecule has 0 aromatic carbocycles. The Morgan fingerprint density at radius 1 is 1.27 bits per heavy atom. The van der Waals surface area contributed by atoms with Crippen molar-refractivity contribution in [2.24, 2.45) is 4.99 Å². The summed E-state index contributed by atoms with van der Waals surface area (Å²) in [5, 5.41) is 7.65. The fourth-order valence-electron chi connectivity index (χ4n) is 1.86. The van der Waals surface area contributed by atoms with Crippen LogP contribution < -0.4 is 10.6 Å². The van der Waals surface area contributed by atoms with E-state index in [1.54, 1.807) is 18.4 Å². The van der Waals surface area contributed by atoms with Crippen molar-refractivity contribution in [2.75, 3.05) is 27.2 Å². The van der Waals surface area contributed by atoms with Crippen LogP contribution in [-0.2, 0) is 16.0 Å². The summed E-state index contributed by atoms with van der Waals surface area (Å²) in [6.07, 6.45) is 3.07. The first-order valence-corrected chi connectivity index (χ1v) is 8.32. The van der Waals surface area contributed by atoms with Gasteiger partial charge in [-0.2, -0.15) is 0 Å². The highest BCUT2D eigenvalue weighted by molar-refractivity contribution is 7.11. The highest BCUT2D eigenvalue weighted by atomic mass is 32.1. The van der Waals surface area contributed by atoms with Crippen LogP contribution in [0.15, 0.2) is 4.99 Å². The van der Waals surface area contributed by atoms with Crippen LogP contribution in [0.5, 0.6) is 0 Å². The van der Waals surface area contributed by atoms with E-state index in [0.717, 1.165) is 49.0 Å². The smallest absolute Gasteiger partial charge is 0.305 e. The highest BCUT2D eigenvalue weighted by Gasteiger charge is 2.04. The standard InChI is InChI=1S/C15H26N4O2S/c1-11-12(2)22-13(19-11)8-10-18-15(16-3)17-9-6-5-7-14(20)21-4/h5-10H2,1-4H3,(H2,16,17,18). The van der Waals surface area contributed by atoms with Gasteiger partial charge < -0.3 is 15.4 Å². The summed E-state index contributed by atoms with van der Waals surface area (Å²) in [5.41, 5.74) is 1.12. The number of nitrogens with one attached hydrogen (secondary N) is 2. The number of carbonyl (C=O) groups is 1. The number of aryl methyl sites for hydroxylation is 2. The van der Waals surface area contributed by atoms with E-state index in [2.05, 4.69) is 32.3 Å². The summed E-state index contributed by atoms with van der Waals surface area (Å²) in [6, 6.07) is 0. The maximum atomic E-state index is 11.0. The number of hydrogen-bond donors (Lipinski definition) is 2. The van der Waals surface area contributed by atoms with Gasteiger partial charge in [-0.15, -0.1) is 11.3 Å². The molecule has 22 heavy (non-hydrogen) atoms. The molecule has 0 amide bonds. The number of ether oxygens (including phenoxy) is 1. The Morgan fingerprint density at radius 3 is 2.59 bits per heavy atom. The van der Waals surface area contributed by atoms with Crippen molar-refractivity contribution in [1.82, 2.24) is 15.6 Å². The number of nitrogens with zero attached hydrogens (tertiary/aromatic N) is 2. The molecule has 0 unspecified atom stereocenters. The lowest BCUT2D eigenvalue weighted by Gasteiger charge is -2.11. The summed E-state index contributed by atoms with van der Waals surface area (Å²) in [4.78, 5) is 21.0. The third kappa shape index (κ3) is 6.89. The van der Waals surface area contributed by atoms with E-state index in [9.17, 15) is 4.79 Å². The van der Waals surface area contributed by atoms with Crippen molar-refractivity contribution in [3.63, 3.8) is 0 Å². The van der Waals surface area contributed by atoms with Crippen LogP contribution in [0.2, 0.25) is 0 Å². The average Bonchev–Trinajstić information content (AvgIpc) is 2.83. The van der Waals surface area contributed by atoms with E-state index in [0.29, 0.717) is 6.42 Å². The molecule has 0 saturated carbocycles. The van der Waals surface area contributed by atoms with Crippen molar-refractivity contribution >= 4 is 23.3 Å². The Bertz CT molecular complexity index is 480. The number of carbonyl (C=O) groups excluding carboxylic acids is 1. The second-order valence-electron chi connectivity index (χ2n) is 4.96. The maximum absolute atomic E-state index is 11.0. The number of thiazole rings is 1. The van der Waals surface area contributed by atoms with E-state index in [1.807, 2.05) is 6.92 Å². The fraction of sp³-hybridized carbons (Fsp3) is 0.667. The zero-order valence-electron chi connectivity index (χ0n) is 13.9. The van der Waals surface area contributed by atoms with E-state index in [-0.39, 0.29) is 5.97 Å². The van der Waals surface area contributed by atoms with Gasteiger partial charge in [0.05, 0.1) is 17.8 Å². The van der Waals surface area contributed by atoms with Gasteiger partial charge in [0.1, 0.15) is 0 Å². The minimum atomic E-state index is -0.156. The van der Waals surface area contributed by atoms with Crippen LogP contribution in [-0.4, -0.2) is 44.2 Å². The Morgan fingerprint density at radius 2 is 2.00 bits per heavy atom. The molecule has 7 heteroatoms. The molecule has 0 bridgehead atoms. The third-order valence-electron chi connectivity index (χ3n) is 3.26. The van der Waals surface area contributed by atoms with Gasteiger partial charge in [0.2, 0.25) is 0 Å². The average molecular weight is 326 g/mol. The van der Waals surface area contributed by atoms with Crippen LogP contribution in [0, 0.1) is 13.8 Å². The molecule has 0 aliphatic heterocycles. The van der Waals surface area contributed by atoms with E-state index < -0.39 is 0 Å². The van der Waals surface area contributed by atoms with Crippen molar-refractivity contribution in [3.8, 4) is 0 Å². The van der Waals surface area contributed by atoms with Gasteiger partial charge in [0.15, 0.2) is 5.96 Å². The van der Waals surface area contributed by atoms with Gasteiger partial charge in [-0.05, 0) is 26.7 Å². The van der Waals surface area contributed by atoms with Gasteiger partial charge in [0, 0.05) is 37.9 Å². The van der Waals surface area contributed by atoms with E-state index >= 15 is 0 Å². The minimum Gasteiger partial charge on any atom is -0.469 e. The van der Waals surface area contributed by atoms with Gasteiger partial charge in [-0.1, -0.05) is 0 Å². The predicted octanol–water partition coefficient (Wildman–Crippen LogP) is 1.81. The number of unbranched alkanes of at least 4 members (excludes halogenated alkanes) is 1. The molecule has 124 valence electrons. The third-order valence-corrected chi connectivity index (χ3v) is 4.39. The first-order valence-electron chi connectivity index (χ1n) is 7.51. The predicted molar refractivity (Wildman–Crippen MR) is 90.5 cm³/mol. The largest absolute Gasteiger partial charge is 0.469 e. The lowest BCUT2D eigenvalue weighted by atomic mass is 10.2. The molecule has 0 fully saturated rings. The number of methoxy groups -OCH3 is 1. The first kappa shape index (κ1) is 18.4. The Balaban J connectivity index is 2.16. The molecule has 1 heterocycles. The molecule has 0 saturated heterocycles. The molecule has 0 aliphatic carbocycles. The van der Waals surface area contributed by atoms with Crippen LogP contribution in [0.25, 0.3) is 0 Å². The lowest BCUT2D eigenvalue weighted by Crippen LogP contribution is -2.38. The van der Waals surface area contributed by atoms with Crippen LogP contribution in [0.4, 0.5) is 0 Å². The zero-order chi connectivity index (χ0) is 16.4. The topological polar surface area (TPSA) is 75.6 Å². The number of hydrogen-bond acceptors (Lipinski definition) is 5. The molecule has 1 aromatic heterocycles. The second kappa shape index (κ2) is 10.2. The summed E-state index contributed by atoms with van der Waals surface area (Å²) in [5.74, 6) is 0.625. The number of aromatic nitrogens is 1. The molecule has 2 N–H and O–H groups in total. The lowest BCUT2D eigenvalue weighted by molar-refractivity contribution is -0.140.